The van der Waals surface area contributed by atoms with Gasteiger partial charge in [-0.05, 0) is 62.7 Å². The monoisotopic (exact) mass is 497 g/mol. The number of piperazine rings is 1. The molecule has 4 aromatic rings. The molecule has 9 heteroatoms. The van der Waals surface area contributed by atoms with Crippen LogP contribution < -0.4 is 39.9 Å². The number of pyridine rings is 1. The number of rotatable bonds is 7. The van der Waals surface area contributed by atoms with Crippen LogP contribution in [-0.4, -0.2) is 57.1 Å². The molecule has 1 aliphatic rings. The van der Waals surface area contributed by atoms with Gasteiger partial charge >= 0.3 is 29.6 Å². The molecule has 0 bridgehead atoms. The van der Waals surface area contributed by atoms with Crippen LogP contribution in [0.3, 0.4) is 0 Å². The second-order valence-electron chi connectivity index (χ2n) is 9.54. The van der Waals surface area contributed by atoms with Crippen LogP contribution in [0, 0.1) is 12.7 Å². The van der Waals surface area contributed by atoms with Crippen molar-refractivity contribution in [1.82, 2.24) is 29.3 Å². The van der Waals surface area contributed by atoms with E-state index in [0.717, 1.165) is 73.2 Å². The first kappa shape index (κ1) is 26.8. The quantitative estimate of drug-likeness (QED) is 0.394. The third-order valence-electron chi connectivity index (χ3n) is 6.79. The molecule has 5 rings (SSSR count). The molecule has 3 aromatic heterocycles. The first-order chi connectivity index (χ1) is 16.9. The summed E-state index contributed by atoms with van der Waals surface area (Å²) in [5.74, 6) is 1.95. The van der Waals surface area contributed by atoms with E-state index >= 15 is 0 Å². The number of aryl methyl sites for hydroxylation is 1. The number of nitrogens with one attached hydrogen (secondary N) is 1. The summed E-state index contributed by atoms with van der Waals surface area (Å²) in [4.78, 5) is 18.6. The Labute approximate surface area is 234 Å². The Morgan fingerprint density at radius 3 is 2.50 bits per heavy atom. The first-order valence-corrected chi connectivity index (χ1v) is 12.4. The van der Waals surface area contributed by atoms with E-state index in [2.05, 4.69) is 56.5 Å². The smallest absolute Gasteiger partial charge is 0.442 e. The number of nitrogens with zero attached hydrogens (tertiary/aromatic N) is 6. The average Bonchev–Trinajstić information content (AvgIpc) is 3.43. The van der Waals surface area contributed by atoms with E-state index in [-0.39, 0.29) is 41.4 Å². The van der Waals surface area contributed by atoms with E-state index in [9.17, 15) is 4.39 Å². The first-order valence-electron chi connectivity index (χ1n) is 12.4. The summed E-state index contributed by atoms with van der Waals surface area (Å²) < 4.78 is 17.0. The Kier molecular flexibility index (Phi) is 8.52. The second-order valence-corrected chi connectivity index (χ2v) is 9.54. The van der Waals surface area contributed by atoms with Crippen LogP contribution in [0.4, 0.5) is 16.0 Å². The fourth-order valence-corrected chi connectivity index (χ4v) is 4.95. The summed E-state index contributed by atoms with van der Waals surface area (Å²) in [5, 5.41) is 3.31. The number of likely N-dealkylation sites (N-methyl/N-ethyl adjacent to an activating group) is 1. The third kappa shape index (κ3) is 5.68. The number of hydrogen-bond donors (Lipinski definition) is 1. The van der Waals surface area contributed by atoms with Crippen molar-refractivity contribution in [2.24, 2.45) is 0 Å². The maximum atomic E-state index is 14.9. The van der Waals surface area contributed by atoms with Crippen LogP contribution in [0.2, 0.25) is 0 Å². The SMILES string of the molecule is CCN1CCN(Cc2ccc(Nc3cc(-c4cc(F)c5nc(C)n(C(C)C)c5c4)ccn3)[n-]2)CC1.[Na+]. The van der Waals surface area contributed by atoms with E-state index in [4.69, 9.17) is 4.98 Å². The van der Waals surface area contributed by atoms with Gasteiger partial charge in [0, 0.05) is 50.8 Å². The standard InChI is InChI=1S/C27H33FN7.Na/c1-5-33-10-12-34(13-11-33)17-22-6-7-25(31-22)32-26-16-20(8-9-29-26)21-14-23(28)27-24(15-21)35(18(2)3)19(4)30-27;/h6-9,14-16,18H,5,10-13,17H2,1-4H3,(H,29,32);/q-1;+1. The maximum Gasteiger partial charge on any atom is 1.00 e. The molecule has 1 saturated heterocycles. The summed E-state index contributed by atoms with van der Waals surface area (Å²) in [6.45, 7) is 14.6. The van der Waals surface area contributed by atoms with E-state index in [1.807, 2.05) is 31.2 Å². The zero-order chi connectivity index (χ0) is 24.5. The molecular formula is C27H33FN7Na. The second kappa shape index (κ2) is 11.4. The van der Waals surface area contributed by atoms with Crippen LogP contribution in [0.1, 0.15) is 38.3 Å². The number of aromatic nitrogens is 4. The summed E-state index contributed by atoms with van der Waals surface area (Å²) in [6, 6.07) is 11.6. The van der Waals surface area contributed by atoms with Crippen LogP contribution in [0.25, 0.3) is 22.2 Å². The molecule has 4 heterocycles. The van der Waals surface area contributed by atoms with Crippen LogP contribution in [0.5, 0.6) is 0 Å². The van der Waals surface area contributed by atoms with Gasteiger partial charge in [-0.3, -0.25) is 9.88 Å². The molecule has 0 amide bonds. The number of fused-ring (bicyclic) bond motifs is 1. The summed E-state index contributed by atoms with van der Waals surface area (Å²) in [6.07, 6.45) is 1.74. The van der Waals surface area contributed by atoms with Gasteiger partial charge < -0.3 is 19.8 Å². The van der Waals surface area contributed by atoms with Gasteiger partial charge in [-0.2, -0.15) is 0 Å². The molecule has 36 heavy (non-hydrogen) atoms. The summed E-state index contributed by atoms with van der Waals surface area (Å²) in [5.41, 5.74) is 3.96. The predicted octanol–water partition coefficient (Wildman–Crippen LogP) is 1.97. The van der Waals surface area contributed by atoms with Gasteiger partial charge in [0.25, 0.3) is 0 Å². The van der Waals surface area contributed by atoms with Crippen LogP contribution in [0.15, 0.2) is 42.6 Å². The van der Waals surface area contributed by atoms with Crippen molar-refractivity contribution < 1.29 is 33.9 Å². The molecule has 0 spiro atoms. The zero-order valence-electron chi connectivity index (χ0n) is 21.9. The number of benzene rings is 1. The molecule has 1 aromatic carbocycles. The summed E-state index contributed by atoms with van der Waals surface area (Å²) >= 11 is 0. The molecule has 1 aliphatic heterocycles. The van der Waals surface area contributed by atoms with Gasteiger partial charge in [0.05, 0.1) is 5.52 Å². The molecule has 0 aliphatic carbocycles. The normalized spacial score (nSPS) is 14.9. The van der Waals surface area contributed by atoms with Crippen LogP contribution >= 0.6 is 0 Å². The molecule has 1 fully saturated rings. The number of anilines is 2. The topological polar surface area (TPSA) is 63.3 Å². The average molecular weight is 498 g/mol. The van der Waals surface area contributed by atoms with Crippen molar-refractivity contribution in [3.8, 4) is 11.1 Å². The predicted molar refractivity (Wildman–Crippen MR) is 138 cm³/mol. The maximum absolute atomic E-state index is 14.9. The van der Waals surface area contributed by atoms with Crippen molar-refractivity contribution in [3.05, 3.63) is 59.9 Å². The van der Waals surface area contributed by atoms with Gasteiger partial charge in [-0.1, -0.05) is 30.6 Å². The van der Waals surface area contributed by atoms with E-state index < -0.39 is 0 Å². The zero-order valence-corrected chi connectivity index (χ0v) is 23.9. The fraction of sp³-hybridized carbons (Fsp3) is 0.407. The molecule has 0 saturated carbocycles. The Balaban J connectivity index is 0.00000304. The molecule has 0 unspecified atom stereocenters. The number of halogens is 1. The number of imidazole rings is 1. The summed E-state index contributed by atoms with van der Waals surface area (Å²) in [7, 11) is 0. The number of hydrogen-bond acceptors (Lipinski definition) is 5. The third-order valence-corrected chi connectivity index (χ3v) is 6.79. The largest absolute Gasteiger partial charge is 1.00 e. The molecule has 7 nitrogen and oxygen atoms in total. The van der Waals surface area contributed by atoms with Crippen LogP contribution in [-0.2, 0) is 6.54 Å². The molecule has 0 radical (unpaired) electrons. The van der Waals surface area contributed by atoms with Gasteiger partial charge in [0.15, 0.2) is 5.82 Å². The van der Waals surface area contributed by atoms with E-state index in [1.54, 1.807) is 12.3 Å². The Morgan fingerprint density at radius 2 is 1.78 bits per heavy atom. The van der Waals surface area contributed by atoms with Crippen molar-refractivity contribution in [2.75, 3.05) is 38.0 Å². The Morgan fingerprint density at radius 1 is 1.03 bits per heavy atom. The minimum Gasteiger partial charge on any atom is -0.442 e. The van der Waals surface area contributed by atoms with Crippen molar-refractivity contribution in [3.63, 3.8) is 0 Å². The van der Waals surface area contributed by atoms with E-state index in [0.29, 0.717) is 11.3 Å². The Hall–Kier alpha value is -2.23. The molecule has 184 valence electrons. The van der Waals surface area contributed by atoms with E-state index in [1.165, 1.54) is 0 Å². The van der Waals surface area contributed by atoms with Gasteiger partial charge in [0.2, 0.25) is 0 Å². The molecule has 1 N–H and O–H groups in total. The van der Waals surface area contributed by atoms with Crippen molar-refractivity contribution >= 4 is 22.7 Å². The molecule has 0 atom stereocenters. The van der Waals surface area contributed by atoms with Crippen molar-refractivity contribution in [2.45, 2.75) is 40.3 Å². The van der Waals surface area contributed by atoms with Crippen molar-refractivity contribution in [1.29, 1.82) is 0 Å². The Bertz CT molecular complexity index is 1320. The minimum atomic E-state index is -0.312. The van der Waals surface area contributed by atoms with Gasteiger partial charge in [0.1, 0.15) is 11.3 Å². The van der Waals surface area contributed by atoms with Gasteiger partial charge in [-0.15, -0.1) is 0 Å². The van der Waals surface area contributed by atoms with Gasteiger partial charge in [-0.25, -0.2) is 9.37 Å². The molecular weight excluding hydrogens is 464 g/mol. The fourth-order valence-electron chi connectivity index (χ4n) is 4.95. The minimum absolute atomic E-state index is 0.